The minimum Gasteiger partial charge on any atom is -0.249 e. The molecule has 5 heteroatoms. The van der Waals surface area contributed by atoms with Gasteiger partial charge in [0.1, 0.15) is 6.67 Å². The average Bonchev–Trinajstić information content (AvgIpc) is 2.17. The highest BCUT2D eigenvalue weighted by molar-refractivity contribution is 4.69. The summed E-state index contributed by atoms with van der Waals surface area (Å²) in [5, 5.41) is 6.27. The molecule has 0 aliphatic rings. The van der Waals surface area contributed by atoms with E-state index < -0.39 is 12.6 Å². The monoisotopic (exact) mass is 131 g/mol. The van der Waals surface area contributed by atoms with E-state index in [4.69, 9.17) is 0 Å². The second-order valence-corrected chi connectivity index (χ2v) is 1.49. The summed E-state index contributed by atoms with van der Waals surface area (Å²) in [5.41, 5.74) is 0. The summed E-state index contributed by atoms with van der Waals surface area (Å²) in [6, 6.07) is 0. The van der Waals surface area contributed by atoms with Gasteiger partial charge in [-0.3, -0.25) is 0 Å². The van der Waals surface area contributed by atoms with E-state index in [1.165, 1.54) is 0 Å². The van der Waals surface area contributed by atoms with Crippen LogP contribution in [0.5, 0.6) is 0 Å². The van der Waals surface area contributed by atoms with E-state index in [-0.39, 0.29) is 6.54 Å². The van der Waals surface area contributed by atoms with Crippen molar-refractivity contribution in [3.05, 3.63) is 12.1 Å². The molecule has 0 spiro atoms. The SMILES string of the molecule is [18F]CCn1cc([18F])nn1. The molecule has 0 bridgehead atoms. The smallest absolute Gasteiger partial charge is 0.249 e. The predicted octanol–water partition coefficient (Wildman–Crippen LogP) is 0.387. The van der Waals surface area contributed by atoms with E-state index in [2.05, 4.69) is 10.3 Å². The summed E-state index contributed by atoms with van der Waals surface area (Å²) in [5.74, 6) is -0.677. The highest BCUT2D eigenvalue weighted by atomic mass is 18.2. The topological polar surface area (TPSA) is 30.7 Å². The molecule has 1 rings (SSSR count). The van der Waals surface area contributed by atoms with Crippen LogP contribution in [-0.2, 0) is 6.54 Å². The van der Waals surface area contributed by atoms with E-state index in [1.807, 2.05) is 0 Å². The fourth-order valence-corrected chi connectivity index (χ4v) is 0.471. The zero-order chi connectivity index (χ0) is 6.69. The van der Waals surface area contributed by atoms with Gasteiger partial charge in [0.2, 0.25) is 0 Å². The van der Waals surface area contributed by atoms with Crippen LogP contribution in [0.3, 0.4) is 0 Å². The molecule has 0 amide bonds. The van der Waals surface area contributed by atoms with Crippen LogP contribution in [0.1, 0.15) is 0 Å². The van der Waals surface area contributed by atoms with Gasteiger partial charge in [0.05, 0.1) is 12.7 Å². The first-order chi connectivity index (χ1) is 4.33. The van der Waals surface area contributed by atoms with Crippen molar-refractivity contribution in [2.24, 2.45) is 0 Å². The Kier molecular flexibility index (Phi) is 1.72. The Morgan fingerprint density at radius 1 is 1.67 bits per heavy atom. The van der Waals surface area contributed by atoms with Crippen molar-refractivity contribution in [2.75, 3.05) is 6.67 Å². The van der Waals surface area contributed by atoms with Crippen LogP contribution in [0.4, 0.5) is 8.78 Å². The molecule has 1 heterocycles. The number of rotatable bonds is 2. The number of aryl methyl sites for hydroxylation is 1. The Morgan fingerprint density at radius 3 is 2.89 bits per heavy atom. The van der Waals surface area contributed by atoms with Gasteiger partial charge in [0, 0.05) is 0 Å². The molecule has 0 N–H and O–H groups in total. The zero-order valence-corrected chi connectivity index (χ0v) is 4.59. The molecule has 1 aromatic rings. The number of hydrogen-bond acceptors (Lipinski definition) is 2. The van der Waals surface area contributed by atoms with Crippen molar-refractivity contribution in [2.45, 2.75) is 6.54 Å². The van der Waals surface area contributed by atoms with E-state index in [1.54, 1.807) is 0 Å². The van der Waals surface area contributed by atoms with Crippen LogP contribution in [-0.4, -0.2) is 21.7 Å². The van der Waals surface area contributed by atoms with Gasteiger partial charge >= 0.3 is 0 Å². The van der Waals surface area contributed by atoms with Gasteiger partial charge in [-0.25, -0.2) is 9.07 Å². The van der Waals surface area contributed by atoms with Gasteiger partial charge in [-0.1, -0.05) is 10.3 Å². The summed E-state index contributed by atoms with van der Waals surface area (Å²) >= 11 is 0. The lowest BCUT2D eigenvalue weighted by molar-refractivity contribution is 0.422. The van der Waals surface area contributed by atoms with E-state index in [9.17, 15) is 8.78 Å². The lowest BCUT2D eigenvalue weighted by Gasteiger charge is -1.88. The quantitative estimate of drug-likeness (QED) is 0.581. The van der Waals surface area contributed by atoms with E-state index in [0.29, 0.717) is 0 Å². The largest absolute Gasteiger partial charge is 0.252 e. The summed E-state index contributed by atoms with van der Waals surface area (Å²) in [6.45, 7) is -0.486. The molecule has 0 aromatic carbocycles. The van der Waals surface area contributed by atoms with Gasteiger partial charge in [0.25, 0.3) is 5.95 Å². The first kappa shape index (κ1) is 6.12. The molecular weight excluding hydrogens is 126 g/mol. The Hall–Kier alpha value is -1.00. The molecule has 9 heavy (non-hydrogen) atoms. The van der Waals surface area contributed by atoms with Crippen LogP contribution < -0.4 is 0 Å². The van der Waals surface area contributed by atoms with Crippen molar-refractivity contribution >= 4 is 0 Å². The second-order valence-electron chi connectivity index (χ2n) is 1.49. The highest BCUT2D eigenvalue weighted by Gasteiger charge is 1.95. The lowest BCUT2D eigenvalue weighted by atomic mass is 10.7. The van der Waals surface area contributed by atoms with Crippen LogP contribution in [0, 0.1) is 5.95 Å². The van der Waals surface area contributed by atoms with Gasteiger partial charge < -0.3 is 0 Å². The van der Waals surface area contributed by atoms with Crippen LogP contribution >= 0.6 is 0 Å². The highest BCUT2D eigenvalue weighted by Crippen LogP contribution is 1.88. The van der Waals surface area contributed by atoms with Crippen molar-refractivity contribution in [1.82, 2.24) is 15.0 Å². The third-order valence-electron chi connectivity index (χ3n) is 0.824. The lowest BCUT2D eigenvalue weighted by Crippen LogP contribution is -1.99. The average molecular weight is 131 g/mol. The zero-order valence-electron chi connectivity index (χ0n) is 4.59. The maximum atomic E-state index is 11.9. The van der Waals surface area contributed by atoms with Gasteiger partial charge in [-0.15, -0.1) is 0 Å². The molecule has 0 radical (unpaired) electrons. The molecule has 0 aliphatic carbocycles. The Balaban J connectivity index is 2.61. The van der Waals surface area contributed by atoms with Gasteiger partial charge in [0.15, 0.2) is 0 Å². The third-order valence-corrected chi connectivity index (χ3v) is 0.824. The molecule has 0 unspecified atom stereocenters. The maximum Gasteiger partial charge on any atom is 0.252 e. The molecule has 0 fully saturated rings. The number of nitrogens with zero attached hydrogens (tertiary/aromatic N) is 3. The Labute approximate surface area is 50.3 Å². The van der Waals surface area contributed by atoms with Gasteiger partial charge in [-0.2, -0.15) is 4.39 Å². The minimum atomic E-state index is -0.677. The molecule has 0 saturated heterocycles. The molecule has 50 valence electrons. The molecule has 1 aromatic heterocycles. The minimum absolute atomic E-state index is 0.0664. The summed E-state index contributed by atoms with van der Waals surface area (Å²) in [7, 11) is 0. The number of aromatic nitrogens is 3. The fraction of sp³-hybridized carbons (Fsp3) is 0.500. The summed E-state index contributed by atoms with van der Waals surface area (Å²) in [4.78, 5) is 0. The molecule has 0 aliphatic heterocycles. The van der Waals surface area contributed by atoms with Crippen molar-refractivity contribution in [3.63, 3.8) is 0 Å². The Morgan fingerprint density at radius 2 is 2.44 bits per heavy atom. The van der Waals surface area contributed by atoms with Crippen molar-refractivity contribution < 1.29 is 8.78 Å². The van der Waals surface area contributed by atoms with Gasteiger partial charge in [-0.05, 0) is 0 Å². The molecule has 0 atom stereocenters. The first-order valence-corrected chi connectivity index (χ1v) is 2.44. The predicted molar refractivity (Wildman–Crippen MR) is 26.0 cm³/mol. The fourth-order valence-electron chi connectivity index (χ4n) is 0.471. The number of halogens is 2. The summed E-state index contributed by atoms with van der Waals surface area (Å²) in [6.07, 6.45) is 1.04. The summed E-state index contributed by atoms with van der Waals surface area (Å²) < 4.78 is 24.5. The Bertz CT molecular complexity index is 186. The van der Waals surface area contributed by atoms with Crippen LogP contribution in [0.25, 0.3) is 0 Å². The van der Waals surface area contributed by atoms with Crippen molar-refractivity contribution in [3.8, 4) is 0 Å². The third kappa shape index (κ3) is 1.45. The molecule has 3 nitrogen and oxygen atoms in total. The second kappa shape index (κ2) is 2.52. The number of hydrogen-bond donors (Lipinski definition) is 0. The normalized spacial score (nSPS) is 10.0. The van der Waals surface area contributed by atoms with E-state index in [0.717, 1.165) is 10.9 Å². The number of alkyl halides is 1. The first-order valence-electron chi connectivity index (χ1n) is 2.44. The van der Waals surface area contributed by atoms with Crippen molar-refractivity contribution in [1.29, 1.82) is 0 Å². The van der Waals surface area contributed by atoms with Crippen LogP contribution in [0.15, 0.2) is 6.20 Å². The van der Waals surface area contributed by atoms with E-state index >= 15 is 0 Å². The molecular formula is C4H5F2N3. The standard InChI is InChI=1S/C4H5F2N3/c5-1-2-9-3-4(6)7-8-9/h3H,1-2H2/i5-1,6-1. The maximum absolute atomic E-state index is 11.9. The molecule has 0 saturated carbocycles. The van der Waals surface area contributed by atoms with Crippen LogP contribution in [0.2, 0.25) is 0 Å².